The lowest BCUT2D eigenvalue weighted by Crippen LogP contribution is -2.44. The van der Waals surface area contributed by atoms with Gasteiger partial charge in [-0.3, -0.25) is 9.87 Å². The Balaban J connectivity index is 1.69. The van der Waals surface area contributed by atoms with Gasteiger partial charge in [-0.1, -0.05) is 5.16 Å². The fourth-order valence-corrected chi connectivity index (χ4v) is 4.16. The Hall–Kier alpha value is -3.44. The predicted octanol–water partition coefficient (Wildman–Crippen LogP) is 2.26. The number of piperidine rings is 1. The van der Waals surface area contributed by atoms with Gasteiger partial charge in [0.2, 0.25) is 5.96 Å². The molecule has 16 nitrogen and oxygen atoms in total. The summed E-state index contributed by atoms with van der Waals surface area (Å²) < 4.78 is 51.3. The van der Waals surface area contributed by atoms with E-state index in [1.165, 1.54) is 4.90 Å². The van der Waals surface area contributed by atoms with Gasteiger partial charge in [0, 0.05) is 12.6 Å². The highest BCUT2D eigenvalue weighted by Crippen LogP contribution is 2.38. The second-order valence-electron chi connectivity index (χ2n) is 10.6. The average molecular weight is 561 g/mol. The zero-order chi connectivity index (χ0) is 28.5. The summed E-state index contributed by atoms with van der Waals surface area (Å²) in [5.41, 5.74) is -1.21. The first-order valence-electron chi connectivity index (χ1n) is 11.7. The summed E-state index contributed by atoms with van der Waals surface area (Å²) in [6, 6.07) is -0.234. The Bertz CT molecular complexity index is 1200. The summed E-state index contributed by atoms with van der Waals surface area (Å²) in [6.07, 6.45) is -0.968. The molecular weight excluding hydrogens is 528 g/mol. The van der Waals surface area contributed by atoms with Crippen LogP contribution in [0.3, 0.4) is 0 Å². The number of guanidine groups is 1. The molecule has 1 aromatic heterocycles. The molecule has 0 saturated carbocycles. The largest absolute Gasteiger partial charge is 0.444 e. The second kappa shape index (κ2) is 10.7. The number of carbonyl (C=O) groups excluding carboxylic acids is 3. The van der Waals surface area contributed by atoms with Gasteiger partial charge < -0.3 is 24.2 Å². The van der Waals surface area contributed by atoms with Crippen LogP contribution in [-0.2, 0) is 30.7 Å². The van der Waals surface area contributed by atoms with Crippen molar-refractivity contribution in [2.45, 2.75) is 84.2 Å². The van der Waals surface area contributed by atoms with Gasteiger partial charge in [0.25, 0.3) is 0 Å². The fourth-order valence-electron chi connectivity index (χ4n) is 3.77. The Morgan fingerprint density at radius 3 is 2.45 bits per heavy atom. The minimum absolute atomic E-state index is 0.0638. The number of ether oxygens (including phenoxy) is 2. The number of aliphatic imine (C=N–C) groups is 1. The van der Waals surface area contributed by atoms with Gasteiger partial charge in [0.05, 0.1) is 18.6 Å². The van der Waals surface area contributed by atoms with Crippen LogP contribution in [0.1, 0.15) is 71.9 Å². The molecular formula is C21H32N6O10S. The van der Waals surface area contributed by atoms with Gasteiger partial charge in [0.1, 0.15) is 16.9 Å². The lowest BCUT2D eigenvalue weighted by Gasteiger charge is -2.28. The zero-order valence-corrected chi connectivity index (χ0v) is 22.7. The molecule has 3 N–H and O–H groups in total. The van der Waals surface area contributed by atoms with Crippen LogP contribution in [0.15, 0.2) is 15.6 Å². The van der Waals surface area contributed by atoms with Gasteiger partial charge in [-0.05, 0) is 54.4 Å². The molecule has 2 atom stereocenters. The monoisotopic (exact) mass is 560 g/mol. The molecule has 0 unspecified atom stereocenters. The van der Waals surface area contributed by atoms with E-state index in [4.69, 9.17) is 18.5 Å². The maximum atomic E-state index is 12.6. The molecule has 17 heteroatoms. The molecule has 3 heterocycles. The van der Waals surface area contributed by atoms with E-state index < -0.39 is 51.9 Å². The molecule has 0 radical (unpaired) electrons. The summed E-state index contributed by atoms with van der Waals surface area (Å²) in [6.45, 7) is 10.1. The van der Waals surface area contributed by atoms with Crippen molar-refractivity contribution in [1.82, 2.24) is 25.8 Å². The van der Waals surface area contributed by atoms with Crippen LogP contribution in [0.4, 0.5) is 14.4 Å². The van der Waals surface area contributed by atoms with Crippen LogP contribution < -0.4 is 10.6 Å². The summed E-state index contributed by atoms with van der Waals surface area (Å²) >= 11 is 0. The Morgan fingerprint density at radius 2 is 1.84 bits per heavy atom. The predicted molar refractivity (Wildman–Crippen MR) is 129 cm³/mol. The van der Waals surface area contributed by atoms with E-state index in [0.717, 1.165) is 0 Å². The van der Waals surface area contributed by atoms with Gasteiger partial charge in [-0.2, -0.15) is 13.5 Å². The smallest absolute Gasteiger partial charge is 0.437 e. The number of fused-ring (bicyclic) bond motifs is 2. The standard InChI is InChI=1S/C21H32N6O10S/c1-20(2,3)34-17(28)23-16(24-18(29)35-21(4,5)6)22-10-13-9-14(25-36-13)15-8-7-12-11-26(15)19(30)27(12)37-38(31,32)33/h9,12,15H,7-8,10-11H2,1-6H3,(H,31,32,33)(H2,22,23,24,28,29)/t12-,15+/m1/s1. The fraction of sp³-hybridized carbons (Fsp3) is 0.667. The quantitative estimate of drug-likeness (QED) is 0.270. The lowest BCUT2D eigenvalue weighted by molar-refractivity contribution is -0.0317. The molecule has 4 amide bonds. The van der Waals surface area contributed by atoms with Crippen molar-refractivity contribution in [3.63, 3.8) is 0 Å². The van der Waals surface area contributed by atoms with Crippen molar-refractivity contribution in [3.05, 3.63) is 17.5 Å². The van der Waals surface area contributed by atoms with E-state index in [-0.39, 0.29) is 24.8 Å². The molecule has 2 fully saturated rings. The van der Waals surface area contributed by atoms with Crippen molar-refractivity contribution in [3.8, 4) is 0 Å². The van der Waals surface area contributed by atoms with Crippen molar-refractivity contribution >= 4 is 34.6 Å². The van der Waals surface area contributed by atoms with Gasteiger partial charge >= 0.3 is 28.6 Å². The van der Waals surface area contributed by atoms with Gasteiger partial charge in [-0.15, -0.1) is 9.28 Å². The van der Waals surface area contributed by atoms with E-state index in [9.17, 15) is 22.8 Å². The first-order valence-corrected chi connectivity index (χ1v) is 13.0. The van der Waals surface area contributed by atoms with E-state index in [1.54, 1.807) is 47.6 Å². The zero-order valence-electron chi connectivity index (χ0n) is 21.9. The maximum absolute atomic E-state index is 12.6. The van der Waals surface area contributed by atoms with E-state index in [0.29, 0.717) is 23.6 Å². The highest BCUT2D eigenvalue weighted by Gasteiger charge is 2.48. The molecule has 212 valence electrons. The van der Waals surface area contributed by atoms with Crippen LogP contribution in [0.5, 0.6) is 0 Å². The maximum Gasteiger partial charge on any atom is 0.437 e. The number of amides is 4. The SMILES string of the molecule is CC(C)(C)OC(=O)N=C(NCc1cc([C@@H]2CC[C@@H]3CN2C(=O)N3OS(=O)(=O)O)no1)NC(=O)OC(C)(C)C. The lowest BCUT2D eigenvalue weighted by atomic mass is 9.98. The van der Waals surface area contributed by atoms with Crippen LogP contribution in [0, 0.1) is 0 Å². The number of urea groups is 1. The number of aromatic nitrogens is 1. The van der Waals surface area contributed by atoms with Crippen LogP contribution in [0.25, 0.3) is 0 Å². The molecule has 0 aromatic carbocycles. The Labute approximate surface area is 219 Å². The molecule has 0 spiro atoms. The van der Waals surface area contributed by atoms with Crippen LogP contribution in [-0.4, -0.2) is 76.1 Å². The molecule has 0 aliphatic carbocycles. The van der Waals surface area contributed by atoms with Gasteiger partial charge in [0.15, 0.2) is 5.76 Å². The summed E-state index contributed by atoms with van der Waals surface area (Å²) in [5, 5.41) is 9.76. The van der Waals surface area contributed by atoms with Crippen LogP contribution >= 0.6 is 0 Å². The summed E-state index contributed by atoms with van der Waals surface area (Å²) in [7, 11) is -4.86. The number of rotatable bonds is 5. The molecule has 2 bridgehead atoms. The van der Waals surface area contributed by atoms with E-state index in [2.05, 4.69) is 25.1 Å². The Morgan fingerprint density at radius 1 is 1.18 bits per heavy atom. The molecule has 2 saturated heterocycles. The number of hydroxylamine groups is 2. The van der Waals surface area contributed by atoms with Crippen molar-refractivity contribution < 1.29 is 45.6 Å². The molecule has 3 rings (SSSR count). The number of nitrogens with zero attached hydrogens (tertiary/aromatic N) is 4. The topological polar surface area (TPSA) is 202 Å². The first kappa shape index (κ1) is 29.1. The highest BCUT2D eigenvalue weighted by molar-refractivity contribution is 7.80. The van der Waals surface area contributed by atoms with Crippen molar-refractivity contribution in [1.29, 1.82) is 0 Å². The molecule has 2 aliphatic heterocycles. The van der Waals surface area contributed by atoms with Gasteiger partial charge in [-0.25, -0.2) is 14.4 Å². The van der Waals surface area contributed by atoms with Crippen molar-refractivity contribution in [2.75, 3.05) is 6.54 Å². The van der Waals surface area contributed by atoms with Crippen LogP contribution in [0.2, 0.25) is 0 Å². The third kappa shape index (κ3) is 8.29. The minimum atomic E-state index is -4.86. The average Bonchev–Trinajstić information content (AvgIpc) is 3.28. The van der Waals surface area contributed by atoms with E-state index >= 15 is 0 Å². The third-order valence-corrected chi connectivity index (χ3v) is 5.41. The third-order valence-electron chi connectivity index (χ3n) is 5.06. The molecule has 2 aliphatic rings. The minimum Gasteiger partial charge on any atom is -0.444 e. The second-order valence-corrected chi connectivity index (χ2v) is 11.7. The normalized spacial score (nSPS) is 20.4. The number of carbonyl (C=O) groups is 3. The van der Waals surface area contributed by atoms with Crippen molar-refractivity contribution in [2.24, 2.45) is 4.99 Å². The molecule has 38 heavy (non-hydrogen) atoms. The Kier molecular flexibility index (Phi) is 8.23. The summed E-state index contributed by atoms with van der Waals surface area (Å²) in [5.74, 6) is 0.0300. The molecule has 1 aromatic rings. The number of alkyl carbamates (subject to hydrolysis) is 1. The summed E-state index contributed by atoms with van der Waals surface area (Å²) in [4.78, 5) is 42.2. The number of hydrogen-bond acceptors (Lipinski definition) is 10. The number of hydrogen-bond donors (Lipinski definition) is 3. The first-order chi connectivity index (χ1) is 17.4. The van der Waals surface area contributed by atoms with E-state index in [1.807, 2.05) is 0 Å². The highest BCUT2D eigenvalue weighted by atomic mass is 32.3. The number of nitrogens with one attached hydrogen (secondary N) is 2.